The van der Waals surface area contributed by atoms with Gasteiger partial charge in [-0.2, -0.15) is 8.42 Å². The van der Waals surface area contributed by atoms with E-state index in [2.05, 4.69) is 21.4 Å². The lowest BCUT2D eigenvalue weighted by Crippen LogP contribution is -2.06. The number of nitrogens with two attached hydrogens (primary N) is 1. The van der Waals surface area contributed by atoms with Crippen LogP contribution in [0.1, 0.15) is 0 Å². The number of para-hydroxylation sites is 1. The molecular formula is C6H9BrN2O4S. The quantitative estimate of drug-likeness (QED) is 0.349. The van der Waals surface area contributed by atoms with E-state index in [4.69, 9.17) is 23.4 Å². The molecule has 0 aliphatic heterocycles. The van der Waals surface area contributed by atoms with Gasteiger partial charge in [0, 0.05) is 4.47 Å². The summed E-state index contributed by atoms with van der Waals surface area (Å²) >= 11 is 3.31. The van der Waals surface area contributed by atoms with Gasteiger partial charge in [-0.25, -0.2) is 0 Å². The van der Waals surface area contributed by atoms with E-state index in [1.165, 1.54) is 0 Å². The number of anilines is 1. The molecule has 6 nitrogen and oxygen atoms in total. The van der Waals surface area contributed by atoms with Crippen molar-refractivity contribution in [2.24, 2.45) is 5.84 Å². The largest absolute Gasteiger partial charge is 0.394 e. The van der Waals surface area contributed by atoms with Crippen LogP contribution >= 0.6 is 15.9 Å². The molecule has 1 aromatic rings. The van der Waals surface area contributed by atoms with Gasteiger partial charge in [0.05, 0.1) is 5.69 Å². The normalized spacial score (nSPS) is 10.0. The Kier molecular flexibility index (Phi) is 5.65. The summed E-state index contributed by atoms with van der Waals surface area (Å²) < 4.78 is 32.6. The van der Waals surface area contributed by atoms with Crippen molar-refractivity contribution in [2.45, 2.75) is 0 Å². The topological polar surface area (TPSA) is 113 Å². The summed E-state index contributed by atoms with van der Waals surface area (Å²) in [6.07, 6.45) is 0. The van der Waals surface area contributed by atoms with E-state index in [0.29, 0.717) is 0 Å². The zero-order valence-electron chi connectivity index (χ0n) is 6.88. The Morgan fingerprint density at radius 2 is 1.71 bits per heavy atom. The maximum atomic E-state index is 8.74. The number of benzene rings is 1. The average molecular weight is 285 g/mol. The zero-order valence-corrected chi connectivity index (χ0v) is 9.29. The molecule has 0 amide bonds. The summed E-state index contributed by atoms with van der Waals surface area (Å²) in [7, 11) is -4.67. The average Bonchev–Trinajstić information content (AvgIpc) is 2.02. The summed E-state index contributed by atoms with van der Waals surface area (Å²) in [6.45, 7) is 0. The minimum absolute atomic E-state index is 0.900. The SMILES string of the molecule is NNc1ccccc1Br.O=S(=O)(O)O. The van der Waals surface area contributed by atoms with Crippen molar-refractivity contribution in [1.82, 2.24) is 0 Å². The standard InChI is InChI=1S/C6H7BrN2.H2O4S/c7-5-3-1-2-4-6(5)9-8;1-5(2,3)4/h1-4,9H,8H2;(H2,1,2,3,4). The summed E-state index contributed by atoms with van der Waals surface area (Å²) in [5.74, 6) is 5.17. The predicted octanol–water partition coefficient (Wildman–Crippen LogP) is 1.08. The van der Waals surface area contributed by atoms with Gasteiger partial charge in [0.15, 0.2) is 0 Å². The highest BCUT2D eigenvalue weighted by molar-refractivity contribution is 9.10. The lowest BCUT2D eigenvalue weighted by Gasteiger charge is -1.99. The van der Waals surface area contributed by atoms with E-state index in [-0.39, 0.29) is 0 Å². The molecule has 0 fully saturated rings. The Morgan fingerprint density at radius 3 is 2.00 bits per heavy atom. The van der Waals surface area contributed by atoms with Gasteiger partial charge in [0.1, 0.15) is 0 Å². The van der Waals surface area contributed by atoms with Gasteiger partial charge in [0.25, 0.3) is 0 Å². The summed E-state index contributed by atoms with van der Waals surface area (Å²) in [6, 6.07) is 7.67. The van der Waals surface area contributed by atoms with Crippen molar-refractivity contribution < 1.29 is 17.5 Å². The summed E-state index contributed by atoms with van der Waals surface area (Å²) in [4.78, 5) is 0. The van der Waals surface area contributed by atoms with Crippen molar-refractivity contribution in [3.05, 3.63) is 28.7 Å². The first kappa shape index (κ1) is 13.3. The number of rotatable bonds is 1. The monoisotopic (exact) mass is 284 g/mol. The molecule has 0 aliphatic carbocycles. The third-order valence-electron chi connectivity index (χ3n) is 1.03. The van der Waals surface area contributed by atoms with Gasteiger partial charge >= 0.3 is 10.4 Å². The molecule has 8 heteroatoms. The van der Waals surface area contributed by atoms with Crippen LogP contribution in [-0.4, -0.2) is 17.5 Å². The number of hydrogen-bond acceptors (Lipinski definition) is 4. The Bertz CT molecular complexity index is 373. The lowest BCUT2D eigenvalue weighted by atomic mass is 10.3. The molecule has 0 unspecified atom stereocenters. The molecule has 0 spiro atoms. The number of hydrazine groups is 1. The van der Waals surface area contributed by atoms with E-state index >= 15 is 0 Å². The van der Waals surface area contributed by atoms with Crippen molar-refractivity contribution in [3.8, 4) is 0 Å². The van der Waals surface area contributed by atoms with Crippen molar-refractivity contribution in [1.29, 1.82) is 0 Å². The first-order valence-electron chi connectivity index (χ1n) is 3.25. The molecule has 0 saturated carbocycles. The molecule has 80 valence electrons. The predicted molar refractivity (Wildman–Crippen MR) is 56.1 cm³/mol. The highest BCUT2D eigenvalue weighted by Crippen LogP contribution is 2.19. The van der Waals surface area contributed by atoms with Gasteiger partial charge in [-0.05, 0) is 28.1 Å². The second kappa shape index (κ2) is 5.94. The van der Waals surface area contributed by atoms with Crippen LogP contribution in [0.4, 0.5) is 5.69 Å². The Hall–Kier alpha value is -0.670. The molecular weight excluding hydrogens is 276 g/mol. The fourth-order valence-corrected chi connectivity index (χ4v) is 0.978. The summed E-state index contributed by atoms with van der Waals surface area (Å²) in [5.41, 5.74) is 3.45. The van der Waals surface area contributed by atoms with E-state index in [1.807, 2.05) is 24.3 Å². The smallest absolute Gasteiger partial charge is 0.323 e. The third-order valence-corrected chi connectivity index (χ3v) is 1.72. The second-order valence-corrected chi connectivity index (χ2v) is 3.82. The van der Waals surface area contributed by atoms with Crippen molar-refractivity contribution in [3.63, 3.8) is 0 Å². The summed E-state index contributed by atoms with van der Waals surface area (Å²) in [5, 5.41) is 0. The van der Waals surface area contributed by atoms with E-state index < -0.39 is 10.4 Å². The number of nitrogens with one attached hydrogen (secondary N) is 1. The molecule has 14 heavy (non-hydrogen) atoms. The van der Waals surface area contributed by atoms with Crippen molar-refractivity contribution in [2.75, 3.05) is 5.43 Å². The Morgan fingerprint density at radius 1 is 1.29 bits per heavy atom. The van der Waals surface area contributed by atoms with Crippen LogP contribution in [0.2, 0.25) is 0 Å². The first-order chi connectivity index (χ1) is 6.34. The Balaban J connectivity index is 0.000000292. The van der Waals surface area contributed by atoms with Crippen molar-refractivity contribution >= 4 is 32.0 Å². The molecule has 5 N–H and O–H groups in total. The molecule has 0 radical (unpaired) electrons. The molecule has 1 aromatic carbocycles. The molecule has 1 rings (SSSR count). The molecule has 0 bridgehead atoms. The zero-order chi connectivity index (χ0) is 11.2. The number of hydrogen-bond donors (Lipinski definition) is 4. The molecule has 0 aliphatic rings. The Labute approximate surface area is 89.8 Å². The van der Waals surface area contributed by atoms with E-state index in [9.17, 15) is 0 Å². The highest BCUT2D eigenvalue weighted by atomic mass is 79.9. The van der Waals surface area contributed by atoms with Crippen LogP contribution in [0.3, 0.4) is 0 Å². The van der Waals surface area contributed by atoms with E-state index in [0.717, 1.165) is 10.2 Å². The minimum Gasteiger partial charge on any atom is -0.323 e. The van der Waals surface area contributed by atoms with Crippen LogP contribution in [0.5, 0.6) is 0 Å². The maximum absolute atomic E-state index is 8.74. The molecule has 0 aromatic heterocycles. The lowest BCUT2D eigenvalue weighted by molar-refractivity contribution is 0.381. The molecule has 0 saturated heterocycles. The molecule has 0 heterocycles. The van der Waals surface area contributed by atoms with Crippen LogP contribution in [0.25, 0.3) is 0 Å². The molecule has 0 atom stereocenters. The highest BCUT2D eigenvalue weighted by Gasteiger charge is 1.91. The number of halogens is 1. The van der Waals surface area contributed by atoms with Gasteiger partial charge in [-0.1, -0.05) is 12.1 Å². The fourth-order valence-electron chi connectivity index (χ4n) is 0.578. The van der Waals surface area contributed by atoms with Gasteiger partial charge in [-0.3, -0.25) is 14.9 Å². The second-order valence-electron chi connectivity index (χ2n) is 2.07. The van der Waals surface area contributed by atoms with Gasteiger partial charge in [0.2, 0.25) is 0 Å². The van der Waals surface area contributed by atoms with Crippen LogP contribution in [-0.2, 0) is 10.4 Å². The van der Waals surface area contributed by atoms with E-state index in [1.54, 1.807) is 0 Å². The van der Waals surface area contributed by atoms with Gasteiger partial charge in [-0.15, -0.1) is 0 Å². The third kappa shape index (κ3) is 7.95. The van der Waals surface area contributed by atoms with Gasteiger partial charge < -0.3 is 5.43 Å². The van der Waals surface area contributed by atoms with Crippen LogP contribution in [0.15, 0.2) is 28.7 Å². The maximum Gasteiger partial charge on any atom is 0.394 e. The van der Waals surface area contributed by atoms with Crippen LogP contribution in [0, 0.1) is 0 Å². The van der Waals surface area contributed by atoms with Crippen LogP contribution < -0.4 is 11.3 Å². The number of nitrogen functional groups attached to an aromatic ring is 1. The fraction of sp³-hybridized carbons (Fsp3) is 0. The first-order valence-corrected chi connectivity index (χ1v) is 5.44. The minimum atomic E-state index is -4.67.